The van der Waals surface area contributed by atoms with Gasteiger partial charge in [0.15, 0.2) is 0 Å². The van der Waals surface area contributed by atoms with Gasteiger partial charge in [0.2, 0.25) is 0 Å². The molecular weight excluding hydrogens is 172 g/mol. The molecule has 1 rings (SSSR count). The van der Waals surface area contributed by atoms with Gasteiger partial charge < -0.3 is 5.11 Å². The van der Waals surface area contributed by atoms with Gasteiger partial charge in [0.05, 0.1) is 6.10 Å². The first-order valence-corrected chi connectivity index (χ1v) is 6.10. The first kappa shape index (κ1) is 11.8. The lowest BCUT2D eigenvalue weighted by atomic mass is 9.81. The van der Waals surface area contributed by atoms with Crippen LogP contribution in [0.1, 0.15) is 52.4 Å². The summed E-state index contributed by atoms with van der Waals surface area (Å²) < 4.78 is 0. The van der Waals surface area contributed by atoms with Gasteiger partial charge in [0.1, 0.15) is 0 Å². The van der Waals surface area contributed by atoms with Crippen molar-refractivity contribution in [2.75, 3.05) is 0 Å². The zero-order valence-corrected chi connectivity index (χ0v) is 9.58. The average molecular weight is 196 g/mol. The van der Waals surface area contributed by atoms with Crippen molar-refractivity contribution in [3.8, 4) is 0 Å². The lowest BCUT2D eigenvalue weighted by Gasteiger charge is -2.27. The Hall–Kier alpha value is -0.300. The molecule has 1 heteroatoms. The Labute approximate surface area is 88.2 Å². The molecule has 3 atom stereocenters. The topological polar surface area (TPSA) is 20.2 Å². The van der Waals surface area contributed by atoms with E-state index in [1.54, 1.807) is 0 Å². The second-order valence-corrected chi connectivity index (χ2v) is 4.54. The maximum Gasteiger partial charge on any atom is 0.0545 e. The monoisotopic (exact) mass is 196 g/mol. The van der Waals surface area contributed by atoms with Gasteiger partial charge in [-0.1, -0.05) is 38.3 Å². The van der Waals surface area contributed by atoms with E-state index >= 15 is 0 Å². The molecule has 0 aromatic rings. The third-order valence-electron chi connectivity index (χ3n) is 3.43. The van der Waals surface area contributed by atoms with Crippen molar-refractivity contribution in [3.05, 3.63) is 12.2 Å². The number of hydrogen-bond acceptors (Lipinski definition) is 1. The Morgan fingerprint density at radius 1 is 1.36 bits per heavy atom. The summed E-state index contributed by atoms with van der Waals surface area (Å²) >= 11 is 0. The summed E-state index contributed by atoms with van der Waals surface area (Å²) in [6.45, 7) is 4.12. The number of rotatable bonds is 3. The van der Waals surface area contributed by atoms with Gasteiger partial charge >= 0.3 is 0 Å². The Bertz CT molecular complexity index is 172. The summed E-state index contributed by atoms with van der Waals surface area (Å²) in [4.78, 5) is 0. The first-order valence-electron chi connectivity index (χ1n) is 6.10. The van der Waals surface area contributed by atoms with Gasteiger partial charge in [0, 0.05) is 0 Å². The summed E-state index contributed by atoms with van der Waals surface area (Å²) in [5.74, 6) is 1.07. The summed E-state index contributed by atoms with van der Waals surface area (Å²) in [6, 6.07) is 0. The zero-order chi connectivity index (χ0) is 10.4. The molecule has 0 bridgehead atoms. The number of aliphatic hydroxyl groups is 1. The van der Waals surface area contributed by atoms with Crippen LogP contribution in [0.5, 0.6) is 0 Å². The molecule has 0 saturated heterocycles. The van der Waals surface area contributed by atoms with Crippen LogP contribution in [0.3, 0.4) is 0 Å². The predicted octanol–water partition coefficient (Wildman–Crippen LogP) is 3.53. The molecule has 14 heavy (non-hydrogen) atoms. The Morgan fingerprint density at radius 2 is 2.14 bits per heavy atom. The van der Waals surface area contributed by atoms with E-state index in [1.165, 1.54) is 32.1 Å². The summed E-state index contributed by atoms with van der Waals surface area (Å²) in [7, 11) is 0. The minimum Gasteiger partial charge on any atom is -0.393 e. The van der Waals surface area contributed by atoms with E-state index in [0.29, 0.717) is 11.8 Å². The second-order valence-electron chi connectivity index (χ2n) is 4.54. The highest BCUT2D eigenvalue weighted by molar-refractivity contribution is 4.94. The first-order chi connectivity index (χ1) is 6.75. The van der Waals surface area contributed by atoms with Gasteiger partial charge in [-0.2, -0.15) is 0 Å². The average Bonchev–Trinajstić information content (AvgIpc) is 2.08. The molecule has 0 amide bonds. The van der Waals surface area contributed by atoms with Crippen molar-refractivity contribution in [2.45, 2.75) is 58.5 Å². The van der Waals surface area contributed by atoms with E-state index in [0.717, 1.165) is 6.42 Å². The predicted molar refractivity (Wildman–Crippen MR) is 61.2 cm³/mol. The van der Waals surface area contributed by atoms with Crippen LogP contribution in [0.4, 0.5) is 0 Å². The summed E-state index contributed by atoms with van der Waals surface area (Å²) in [6.07, 6.45) is 12.1. The number of hydrogen-bond donors (Lipinski definition) is 1. The minimum atomic E-state index is -0.158. The molecule has 1 aliphatic rings. The second kappa shape index (κ2) is 6.23. The van der Waals surface area contributed by atoms with Crippen LogP contribution in [-0.2, 0) is 0 Å². The third kappa shape index (κ3) is 3.45. The van der Waals surface area contributed by atoms with Crippen molar-refractivity contribution in [3.63, 3.8) is 0 Å². The molecule has 0 heterocycles. The quantitative estimate of drug-likeness (QED) is 0.685. The molecule has 1 aliphatic carbocycles. The van der Waals surface area contributed by atoms with Crippen molar-refractivity contribution in [2.24, 2.45) is 11.8 Å². The van der Waals surface area contributed by atoms with Crippen LogP contribution < -0.4 is 0 Å². The smallest absolute Gasteiger partial charge is 0.0545 e. The van der Waals surface area contributed by atoms with E-state index in [2.05, 4.69) is 19.1 Å². The van der Waals surface area contributed by atoms with E-state index in [1.807, 2.05) is 6.92 Å². The molecule has 0 fully saturated rings. The van der Waals surface area contributed by atoms with Gasteiger partial charge in [-0.05, 0) is 38.0 Å². The van der Waals surface area contributed by atoms with Crippen molar-refractivity contribution in [1.82, 2.24) is 0 Å². The van der Waals surface area contributed by atoms with Gasteiger partial charge in [0.25, 0.3) is 0 Å². The largest absolute Gasteiger partial charge is 0.393 e. The highest BCUT2D eigenvalue weighted by Crippen LogP contribution is 2.28. The van der Waals surface area contributed by atoms with Crippen LogP contribution in [0.2, 0.25) is 0 Å². The molecular formula is C13H24O. The van der Waals surface area contributed by atoms with Crippen molar-refractivity contribution < 1.29 is 5.11 Å². The fraction of sp³-hybridized carbons (Fsp3) is 0.846. The number of allylic oxidation sites excluding steroid dienone is 2. The molecule has 1 N–H and O–H groups in total. The van der Waals surface area contributed by atoms with Gasteiger partial charge in [-0.15, -0.1) is 0 Å². The van der Waals surface area contributed by atoms with Crippen molar-refractivity contribution in [1.29, 1.82) is 0 Å². The van der Waals surface area contributed by atoms with E-state index in [9.17, 15) is 5.11 Å². The molecule has 0 spiro atoms. The SMILES string of the molecule is CCC(C(C)O)C1/C=C\CCCCC1. The maximum absolute atomic E-state index is 9.69. The fourth-order valence-corrected chi connectivity index (χ4v) is 2.54. The lowest BCUT2D eigenvalue weighted by molar-refractivity contribution is 0.0940. The lowest BCUT2D eigenvalue weighted by Crippen LogP contribution is -2.24. The molecule has 0 saturated carbocycles. The maximum atomic E-state index is 9.69. The highest BCUT2D eigenvalue weighted by atomic mass is 16.3. The normalized spacial score (nSPS) is 30.1. The van der Waals surface area contributed by atoms with Crippen LogP contribution in [0.25, 0.3) is 0 Å². The van der Waals surface area contributed by atoms with Crippen LogP contribution in [-0.4, -0.2) is 11.2 Å². The molecule has 0 radical (unpaired) electrons. The van der Waals surface area contributed by atoms with Crippen LogP contribution >= 0.6 is 0 Å². The third-order valence-corrected chi connectivity index (χ3v) is 3.43. The molecule has 3 unspecified atom stereocenters. The fourth-order valence-electron chi connectivity index (χ4n) is 2.54. The van der Waals surface area contributed by atoms with E-state index in [-0.39, 0.29) is 6.10 Å². The Morgan fingerprint density at radius 3 is 2.79 bits per heavy atom. The summed E-state index contributed by atoms with van der Waals surface area (Å²) in [5, 5.41) is 9.69. The van der Waals surface area contributed by atoms with E-state index in [4.69, 9.17) is 0 Å². The zero-order valence-electron chi connectivity index (χ0n) is 9.58. The standard InChI is InChI=1S/C13H24O/c1-3-13(11(2)14)12-9-7-5-4-6-8-10-12/h7,9,11-14H,3-6,8,10H2,1-2H3/b9-7-. The van der Waals surface area contributed by atoms with Gasteiger partial charge in [-0.3, -0.25) is 0 Å². The van der Waals surface area contributed by atoms with Crippen LogP contribution in [0, 0.1) is 11.8 Å². The van der Waals surface area contributed by atoms with Crippen LogP contribution in [0.15, 0.2) is 12.2 Å². The number of aliphatic hydroxyl groups excluding tert-OH is 1. The van der Waals surface area contributed by atoms with Crippen molar-refractivity contribution >= 4 is 0 Å². The minimum absolute atomic E-state index is 0.158. The Kier molecular flexibility index (Phi) is 5.24. The molecule has 1 nitrogen and oxygen atoms in total. The summed E-state index contributed by atoms with van der Waals surface area (Å²) in [5.41, 5.74) is 0. The van der Waals surface area contributed by atoms with Gasteiger partial charge in [-0.25, -0.2) is 0 Å². The highest BCUT2D eigenvalue weighted by Gasteiger charge is 2.21. The molecule has 0 aromatic carbocycles. The molecule has 82 valence electrons. The molecule has 0 aliphatic heterocycles. The molecule has 0 aromatic heterocycles. The Balaban J connectivity index is 2.56. The van der Waals surface area contributed by atoms with E-state index < -0.39 is 0 Å².